The Morgan fingerprint density at radius 3 is 2.81 bits per heavy atom. The van der Waals surface area contributed by atoms with Gasteiger partial charge in [0.05, 0.1) is 24.8 Å². The smallest absolute Gasteiger partial charge is 0.310 e. The van der Waals surface area contributed by atoms with Crippen molar-refractivity contribution in [2.75, 3.05) is 39.3 Å². The Labute approximate surface area is 183 Å². The Bertz CT molecular complexity index is 868. The standard InChI is InChI=1S/C23H34N4O4/c1-2-31-23(30)18-7-6-10-26(15-18)22(29)16-25-12-9-17(14-25)19-13-21(28)27-11-5-3-4-8-20(27)24-19/h13,17-18H,2-12,14-16H2,1H3. The number of nitrogens with zero attached hydrogens (tertiary/aromatic N) is 4. The van der Waals surface area contributed by atoms with Crippen molar-refractivity contribution < 1.29 is 14.3 Å². The van der Waals surface area contributed by atoms with Crippen LogP contribution in [-0.4, -0.2) is 70.6 Å². The highest BCUT2D eigenvalue weighted by atomic mass is 16.5. The second-order valence-electron chi connectivity index (χ2n) is 9.05. The summed E-state index contributed by atoms with van der Waals surface area (Å²) in [5.74, 6) is 0.795. The van der Waals surface area contributed by atoms with Gasteiger partial charge in [0, 0.05) is 44.6 Å². The fraction of sp³-hybridized carbons (Fsp3) is 0.739. The van der Waals surface area contributed by atoms with E-state index in [2.05, 4.69) is 4.90 Å². The van der Waals surface area contributed by atoms with Crippen LogP contribution in [0.25, 0.3) is 0 Å². The molecule has 1 aromatic rings. The number of carbonyl (C=O) groups is 2. The van der Waals surface area contributed by atoms with Crippen molar-refractivity contribution in [3.63, 3.8) is 0 Å². The third-order valence-corrected chi connectivity index (χ3v) is 6.83. The van der Waals surface area contributed by atoms with Gasteiger partial charge in [0.15, 0.2) is 0 Å². The molecule has 4 heterocycles. The molecule has 2 fully saturated rings. The summed E-state index contributed by atoms with van der Waals surface area (Å²) >= 11 is 0. The van der Waals surface area contributed by atoms with Gasteiger partial charge in [-0.1, -0.05) is 6.42 Å². The summed E-state index contributed by atoms with van der Waals surface area (Å²) in [6.45, 7) is 6.04. The number of ether oxygens (including phenoxy) is 1. The van der Waals surface area contributed by atoms with Gasteiger partial charge in [-0.25, -0.2) is 4.98 Å². The van der Waals surface area contributed by atoms with Crippen LogP contribution < -0.4 is 5.56 Å². The van der Waals surface area contributed by atoms with Gasteiger partial charge >= 0.3 is 5.97 Å². The first-order valence-electron chi connectivity index (χ1n) is 11.8. The van der Waals surface area contributed by atoms with Crippen LogP contribution >= 0.6 is 0 Å². The monoisotopic (exact) mass is 430 g/mol. The lowest BCUT2D eigenvalue weighted by Crippen LogP contribution is -2.46. The minimum absolute atomic E-state index is 0.0646. The van der Waals surface area contributed by atoms with Crippen LogP contribution in [0.1, 0.15) is 62.9 Å². The summed E-state index contributed by atoms with van der Waals surface area (Å²) in [6, 6.07) is 1.71. The summed E-state index contributed by atoms with van der Waals surface area (Å²) in [5.41, 5.74) is 0.947. The second-order valence-corrected chi connectivity index (χ2v) is 9.05. The van der Waals surface area contributed by atoms with Gasteiger partial charge in [-0.3, -0.25) is 23.9 Å². The highest BCUT2D eigenvalue weighted by Crippen LogP contribution is 2.26. The average molecular weight is 431 g/mol. The molecule has 0 bridgehead atoms. The Morgan fingerprint density at radius 1 is 1.10 bits per heavy atom. The predicted octanol–water partition coefficient (Wildman–Crippen LogP) is 1.56. The minimum Gasteiger partial charge on any atom is -0.466 e. The third kappa shape index (κ3) is 5.17. The molecule has 0 aliphatic carbocycles. The van der Waals surface area contributed by atoms with Crippen LogP contribution in [0.15, 0.2) is 10.9 Å². The van der Waals surface area contributed by atoms with E-state index in [1.54, 1.807) is 13.0 Å². The normalized spacial score (nSPS) is 24.5. The van der Waals surface area contributed by atoms with Gasteiger partial charge in [-0.05, 0) is 45.6 Å². The number of aryl methyl sites for hydroxylation is 1. The van der Waals surface area contributed by atoms with E-state index < -0.39 is 0 Å². The maximum absolute atomic E-state index is 12.9. The maximum atomic E-state index is 12.9. The van der Waals surface area contributed by atoms with Gasteiger partial charge in [0.2, 0.25) is 5.91 Å². The molecule has 31 heavy (non-hydrogen) atoms. The molecule has 3 aliphatic rings. The molecular formula is C23H34N4O4. The number of hydrogen-bond donors (Lipinski definition) is 0. The molecule has 0 aromatic carbocycles. The molecule has 2 unspecified atom stereocenters. The summed E-state index contributed by atoms with van der Waals surface area (Å²) in [6.07, 6.45) is 6.67. The number of amides is 1. The van der Waals surface area contributed by atoms with Crippen molar-refractivity contribution in [1.29, 1.82) is 0 Å². The summed E-state index contributed by atoms with van der Waals surface area (Å²) in [4.78, 5) is 46.4. The first-order valence-corrected chi connectivity index (χ1v) is 11.8. The van der Waals surface area contributed by atoms with E-state index in [9.17, 15) is 14.4 Å². The largest absolute Gasteiger partial charge is 0.466 e. The van der Waals surface area contributed by atoms with Crippen LogP contribution in [0.2, 0.25) is 0 Å². The summed E-state index contributed by atoms with van der Waals surface area (Å²) in [5, 5.41) is 0. The van der Waals surface area contributed by atoms with Gasteiger partial charge in [0.25, 0.3) is 5.56 Å². The van der Waals surface area contributed by atoms with Crippen molar-refractivity contribution in [2.45, 2.75) is 64.3 Å². The first-order chi connectivity index (χ1) is 15.0. The zero-order chi connectivity index (χ0) is 21.8. The minimum atomic E-state index is -0.208. The van der Waals surface area contributed by atoms with Crippen molar-refractivity contribution >= 4 is 11.9 Å². The maximum Gasteiger partial charge on any atom is 0.310 e. The first kappa shape index (κ1) is 22.0. The zero-order valence-corrected chi connectivity index (χ0v) is 18.6. The van der Waals surface area contributed by atoms with E-state index in [4.69, 9.17) is 9.72 Å². The van der Waals surface area contributed by atoms with Gasteiger partial charge in [-0.15, -0.1) is 0 Å². The fourth-order valence-corrected chi connectivity index (χ4v) is 5.11. The van der Waals surface area contributed by atoms with Gasteiger partial charge in [-0.2, -0.15) is 0 Å². The number of esters is 1. The molecule has 170 valence electrons. The highest BCUT2D eigenvalue weighted by molar-refractivity contribution is 5.80. The molecule has 0 saturated carbocycles. The Balaban J connectivity index is 1.35. The number of likely N-dealkylation sites (tertiary alicyclic amines) is 2. The molecule has 1 amide bonds. The van der Waals surface area contributed by atoms with Crippen molar-refractivity contribution in [3.8, 4) is 0 Å². The number of carbonyl (C=O) groups excluding carboxylic acids is 2. The van der Waals surface area contributed by atoms with Crippen LogP contribution in [0.5, 0.6) is 0 Å². The number of rotatable bonds is 5. The molecule has 0 spiro atoms. The van der Waals surface area contributed by atoms with Crippen molar-refractivity contribution in [1.82, 2.24) is 19.4 Å². The quantitative estimate of drug-likeness (QED) is 0.659. The molecule has 8 nitrogen and oxygen atoms in total. The molecule has 4 rings (SSSR count). The van der Waals surface area contributed by atoms with Crippen molar-refractivity contribution in [3.05, 3.63) is 27.9 Å². The van der Waals surface area contributed by atoms with E-state index >= 15 is 0 Å². The molecule has 8 heteroatoms. The summed E-state index contributed by atoms with van der Waals surface area (Å²) in [7, 11) is 0. The van der Waals surface area contributed by atoms with Crippen LogP contribution in [0, 0.1) is 5.92 Å². The molecule has 2 atom stereocenters. The van der Waals surface area contributed by atoms with Crippen LogP contribution in [0.3, 0.4) is 0 Å². The number of hydrogen-bond acceptors (Lipinski definition) is 6. The topological polar surface area (TPSA) is 84.7 Å². The van der Waals surface area contributed by atoms with Gasteiger partial charge in [0.1, 0.15) is 5.82 Å². The number of aromatic nitrogens is 2. The van der Waals surface area contributed by atoms with E-state index in [1.165, 1.54) is 0 Å². The lowest BCUT2D eigenvalue weighted by molar-refractivity contribution is -0.151. The van der Waals surface area contributed by atoms with Crippen LogP contribution in [-0.2, 0) is 27.3 Å². The van der Waals surface area contributed by atoms with E-state index in [0.29, 0.717) is 26.2 Å². The number of fused-ring (bicyclic) bond motifs is 1. The second kappa shape index (κ2) is 9.94. The Morgan fingerprint density at radius 2 is 1.97 bits per heavy atom. The lowest BCUT2D eigenvalue weighted by Gasteiger charge is -2.32. The van der Waals surface area contributed by atoms with E-state index in [0.717, 1.165) is 76.1 Å². The van der Waals surface area contributed by atoms with E-state index in [-0.39, 0.29) is 29.3 Å². The number of piperidine rings is 1. The SMILES string of the molecule is CCOC(=O)C1CCCN(C(=O)CN2CCC(c3cc(=O)n4c(n3)CCCCC4)C2)C1. The lowest BCUT2D eigenvalue weighted by atomic mass is 9.98. The molecule has 0 N–H and O–H groups in total. The third-order valence-electron chi connectivity index (χ3n) is 6.83. The molecular weight excluding hydrogens is 396 g/mol. The highest BCUT2D eigenvalue weighted by Gasteiger charge is 2.32. The molecule has 2 saturated heterocycles. The van der Waals surface area contributed by atoms with Crippen LogP contribution in [0.4, 0.5) is 0 Å². The zero-order valence-electron chi connectivity index (χ0n) is 18.6. The Kier molecular flexibility index (Phi) is 7.05. The van der Waals surface area contributed by atoms with Gasteiger partial charge < -0.3 is 9.64 Å². The summed E-state index contributed by atoms with van der Waals surface area (Å²) < 4.78 is 6.98. The molecule has 1 aromatic heterocycles. The average Bonchev–Trinajstić information content (AvgIpc) is 3.09. The van der Waals surface area contributed by atoms with E-state index in [1.807, 2.05) is 9.47 Å². The van der Waals surface area contributed by atoms with Crippen molar-refractivity contribution in [2.24, 2.45) is 5.92 Å². The Hall–Kier alpha value is -2.22. The molecule has 0 radical (unpaired) electrons. The molecule has 3 aliphatic heterocycles. The predicted molar refractivity (Wildman–Crippen MR) is 116 cm³/mol. The fourth-order valence-electron chi connectivity index (χ4n) is 5.11.